The Labute approximate surface area is 186 Å². The molecule has 166 valence electrons. The van der Waals surface area contributed by atoms with Crippen molar-refractivity contribution in [1.29, 1.82) is 0 Å². The van der Waals surface area contributed by atoms with E-state index in [1.807, 2.05) is 29.7 Å². The van der Waals surface area contributed by atoms with Crippen LogP contribution in [0.1, 0.15) is 29.9 Å². The van der Waals surface area contributed by atoms with Crippen LogP contribution in [-0.4, -0.2) is 83.2 Å². The molecule has 1 fully saturated rings. The number of likely N-dealkylation sites (N-methyl/N-ethyl adjacent to an activating group) is 1. The molecule has 1 aliphatic heterocycles. The Morgan fingerprint density at radius 1 is 1.06 bits per heavy atom. The maximum atomic E-state index is 12.7. The molecular weight excluding hydrogens is 414 g/mol. The molecule has 1 saturated heterocycles. The van der Waals surface area contributed by atoms with Crippen LogP contribution < -0.4 is 5.32 Å². The maximum Gasteiger partial charge on any atom is 0.257 e. The van der Waals surface area contributed by atoms with Crippen molar-refractivity contribution in [3.8, 4) is 0 Å². The van der Waals surface area contributed by atoms with Gasteiger partial charge in [0, 0.05) is 50.2 Å². The SMILES string of the molecule is CCN(CC)C(=O)CN1CCN(C(=O)Cc2csc(NC(=O)c3ccccc3)n2)CC1. The highest BCUT2D eigenvalue weighted by Gasteiger charge is 2.24. The van der Waals surface area contributed by atoms with E-state index in [0.29, 0.717) is 49.1 Å². The molecule has 9 heteroatoms. The Bertz CT molecular complexity index is 890. The summed E-state index contributed by atoms with van der Waals surface area (Å²) in [5.41, 5.74) is 1.21. The number of aromatic nitrogens is 1. The van der Waals surface area contributed by atoms with Crippen molar-refractivity contribution in [2.75, 3.05) is 51.1 Å². The Kier molecular flexibility index (Phi) is 8.13. The summed E-state index contributed by atoms with van der Waals surface area (Å²) in [6, 6.07) is 8.94. The van der Waals surface area contributed by atoms with Gasteiger partial charge in [-0.25, -0.2) is 4.98 Å². The first-order valence-corrected chi connectivity index (χ1v) is 11.5. The number of piperazine rings is 1. The molecule has 8 nitrogen and oxygen atoms in total. The molecule has 31 heavy (non-hydrogen) atoms. The molecule has 1 N–H and O–H groups in total. The van der Waals surface area contributed by atoms with Crippen LogP contribution in [-0.2, 0) is 16.0 Å². The first kappa shape index (κ1) is 22.9. The third kappa shape index (κ3) is 6.35. The summed E-state index contributed by atoms with van der Waals surface area (Å²) in [5.74, 6) is -0.0681. The molecule has 0 saturated carbocycles. The smallest absolute Gasteiger partial charge is 0.257 e. The zero-order valence-electron chi connectivity index (χ0n) is 18.0. The predicted molar refractivity (Wildman–Crippen MR) is 121 cm³/mol. The average Bonchev–Trinajstić information content (AvgIpc) is 3.22. The minimum Gasteiger partial charge on any atom is -0.342 e. The van der Waals surface area contributed by atoms with Crippen molar-refractivity contribution < 1.29 is 14.4 Å². The average molecular weight is 444 g/mol. The van der Waals surface area contributed by atoms with Gasteiger partial charge >= 0.3 is 0 Å². The number of thiazole rings is 1. The number of benzene rings is 1. The van der Waals surface area contributed by atoms with Crippen LogP contribution in [0.2, 0.25) is 0 Å². The third-order valence-corrected chi connectivity index (χ3v) is 6.15. The molecule has 2 aromatic rings. The topological polar surface area (TPSA) is 85.9 Å². The second-order valence-electron chi connectivity index (χ2n) is 7.36. The fourth-order valence-electron chi connectivity index (χ4n) is 3.49. The lowest BCUT2D eigenvalue weighted by Crippen LogP contribution is -2.51. The molecule has 0 aliphatic carbocycles. The summed E-state index contributed by atoms with van der Waals surface area (Å²) in [6.45, 7) is 8.38. The molecule has 1 aromatic heterocycles. The molecule has 0 radical (unpaired) electrons. The minimum atomic E-state index is -0.219. The zero-order chi connectivity index (χ0) is 22.2. The largest absolute Gasteiger partial charge is 0.342 e. The maximum absolute atomic E-state index is 12.7. The first-order chi connectivity index (χ1) is 15.0. The van der Waals surface area contributed by atoms with E-state index in [2.05, 4.69) is 15.2 Å². The molecule has 1 aliphatic rings. The molecule has 0 spiro atoms. The summed E-state index contributed by atoms with van der Waals surface area (Å²) in [7, 11) is 0. The molecule has 0 unspecified atom stereocenters. The number of carbonyl (C=O) groups is 3. The minimum absolute atomic E-state index is 0.0148. The van der Waals surface area contributed by atoms with Gasteiger partial charge in [-0.1, -0.05) is 18.2 Å². The third-order valence-electron chi connectivity index (χ3n) is 5.34. The lowest BCUT2D eigenvalue weighted by atomic mass is 10.2. The fourth-order valence-corrected chi connectivity index (χ4v) is 4.20. The standard InChI is InChI=1S/C22H29N5O3S/c1-3-26(4-2)20(29)15-25-10-12-27(13-11-25)19(28)14-18-16-31-22(23-18)24-21(30)17-8-6-5-7-9-17/h5-9,16H,3-4,10-15H2,1-2H3,(H,23,24,30). The number of hydrogen-bond donors (Lipinski definition) is 1. The van der Waals surface area contributed by atoms with Crippen molar-refractivity contribution in [1.82, 2.24) is 19.7 Å². The van der Waals surface area contributed by atoms with Gasteiger partial charge in [-0.2, -0.15) is 0 Å². The van der Waals surface area contributed by atoms with Crippen molar-refractivity contribution in [3.63, 3.8) is 0 Å². The fraction of sp³-hybridized carbons (Fsp3) is 0.455. The van der Waals surface area contributed by atoms with E-state index in [9.17, 15) is 14.4 Å². The summed E-state index contributed by atoms with van der Waals surface area (Å²) >= 11 is 1.31. The van der Waals surface area contributed by atoms with Crippen LogP contribution >= 0.6 is 11.3 Å². The van der Waals surface area contributed by atoms with Gasteiger partial charge in [0.15, 0.2) is 5.13 Å². The number of nitrogens with one attached hydrogen (secondary N) is 1. The highest BCUT2D eigenvalue weighted by atomic mass is 32.1. The van der Waals surface area contributed by atoms with Gasteiger partial charge in [-0.05, 0) is 26.0 Å². The van der Waals surface area contributed by atoms with Crippen molar-refractivity contribution in [2.24, 2.45) is 0 Å². The number of hydrogen-bond acceptors (Lipinski definition) is 6. The van der Waals surface area contributed by atoms with E-state index >= 15 is 0 Å². The number of rotatable bonds is 8. The molecular formula is C22H29N5O3S. The molecule has 3 rings (SSSR count). The molecule has 3 amide bonds. The lowest BCUT2D eigenvalue weighted by molar-refractivity contribution is -0.134. The highest BCUT2D eigenvalue weighted by Crippen LogP contribution is 2.18. The van der Waals surface area contributed by atoms with E-state index in [1.165, 1.54) is 11.3 Å². The van der Waals surface area contributed by atoms with Crippen LogP contribution in [0.3, 0.4) is 0 Å². The van der Waals surface area contributed by atoms with Gasteiger partial charge in [0.2, 0.25) is 11.8 Å². The van der Waals surface area contributed by atoms with Gasteiger partial charge < -0.3 is 9.80 Å². The van der Waals surface area contributed by atoms with E-state index in [-0.39, 0.29) is 24.1 Å². The van der Waals surface area contributed by atoms with E-state index < -0.39 is 0 Å². The first-order valence-electron chi connectivity index (χ1n) is 10.6. The Balaban J connectivity index is 1.45. The van der Waals surface area contributed by atoms with Gasteiger partial charge in [-0.15, -0.1) is 11.3 Å². The molecule has 2 heterocycles. The quantitative estimate of drug-likeness (QED) is 0.674. The Morgan fingerprint density at radius 3 is 2.39 bits per heavy atom. The number of anilines is 1. The Morgan fingerprint density at radius 2 is 1.74 bits per heavy atom. The van der Waals surface area contributed by atoms with Gasteiger partial charge in [0.1, 0.15) is 0 Å². The second kappa shape index (κ2) is 11.0. The summed E-state index contributed by atoms with van der Waals surface area (Å²) < 4.78 is 0. The highest BCUT2D eigenvalue weighted by molar-refractivity contribution is 7.14. The normalized spacial score (nSPS) is 14.3. The number of nitrogens with zero attached hydrogens (tertiary/aromatic N) is 4. The van der Waals surface area contributed by atoms with Crippen molar-refractivity contribution >= 4 is 34.2 Å². The summed E-state index contributed by atoms with van der Waals surface area (Å²) in [6.07, 6.45) is 0.204. The monoisotopic (exact) mass is 443 g/mol. The Hall–Kier alpha value is -2.78. The van der Waals surface area contributed by atoms with Crippen LogP contribution in [0.25, 0.3) is 0 Å². The van der Waals surface area contributed by atoms with Crippen molar-refractivity contribution in [2.45, 2.75) is 20.3 Å². The molecule has 0 atom stereocenters. The lowest BCUT2D eigenvalue weighted by Gasteiger charge is -2.35. The number of amides is 3. The van der Waals surface area contributed by atoms with Gasteiger partial charge in [0.25, 0.3) is 5.91 Å². The zero-order valence-corrected chi connectivity index (χ0v) is 18.9. The van der Waals surface area contributed by atoms with E-state index in [4.69, 9.17) is 0 Å². The van der Waals surface area contributed by atoms with Gasteiger partial charge in [0.05, 0.1) is 18.7 Å². The molecule has 0 bridgehead atoms. The summed E-state index contributed by atoms with van der Waals surface area (Å²) in [5, 5.41) is 5.06. The van der Waals surface area contributed by atoms with Crippen molar-refractivity contribution in [3.05, 3.63) is 47.0 Å². The molecule has 1 aromatic carbocycles. The number of carbonyl (C=O) groups excluding carboxylic acids is 3. The second-order valence-corrected chi connectivity index (χ2v) is 8.22. The van der Waals surface area contributed by atoms with Crippen LogP contribution in [0.4, 0.5) is 5.13 Å². The van der Waals surface area contributed by atoms with Crippen LogP contribution in [0, 0.1) is 0 Å². The summed E-state index contributed by atoms with van der Waals surface area (Å²) in [4.78, 5) is 47.3. The van der Waals surface area contributed by atoms with Crippen LogP contribution in [0.15, 0.2) is 35.7 Å². The van der Waals surface area contributed by atoms with E-state index in [1.54, 1.807) is 29.6 Å². The predicted octanol–water partition coefficient (Wildman–Crippen LogP) is 1.95. The van der Waals surface area contributed by atoms with E-state index in [0.717, 1.165) is 13.1 Å². The van der Waals surface area contributed by atoms with Crippen LogP contribution in [0.5, 0.6) is 0 Å². The van der Waals surface area contributed by atoms with Gasteiger partial charge in [-0.3, -0.25) is 24.6 Å².